The number of unbranched alkanes of at least 4 members (excludes halogenated alkanes) is 2. The first kappa shape index (κ1) is 36.5. The fourth-order valence-electron chi connectivity index (χ4n) is 7.37. The highest BCUT2D eigenvalue weighted by Crippen LogP contribution is 2.50. The molecule has 7 amide bonds. The standard InChI is InChI=1S/C40H39ClN6O7/c41-32-7-3-2-6-29(32)27-19-40(20-27)38(52)47(39(53)46-40)33-22-42-21-26-18-25(10-13-30(26)33)36(50)44-17-5-1-4-16-43-35(49)23-54-28-11-8-24(9-12-28)31-14-15-34(48)45-37(31)51/h2-3,6-13,18,21-22,27,31H,1,4-5,14-17,19-20,23H2,(H,43,49)(H,44,50)(H,46,53)(H,45,48,51). The zero-order valence-corrected chi connectivity index (χ0v) is 30.1. The summed E-state index contributed by atoms with van der Waals surface area (Å²) in [6.07, 6.45) is 6.97. The third-order valence-corrected chi connectivity index (χ3v) is 10.6. The van der Waals surface area contributed by atoms with Gasteiger partial charge in [-0.1, -0.05) is 48.0 Å². The molecule has 2 saturated heterocycles. The molecule has 7 rings (SSSR count). The van der Waals surface area contributed by atoms with Crippen LogP contribution in [-0.4, -0.2) is 65.8 Å². The van der Waals surface area contributed by atoms with Crippen LogP contribution in [0.1, 0.15) is 78.3 Å². The second-order valence-electron chi connectivity index (χ2n) is 13.9. The first-order valence-electron chi connectivity index (χ1n) is 18.0. The number of nitrogens with one attached hydrogen (secondary N) is 4. The molecule has 3 heterocycles. The molecule has 1 spiro atoms. The maximum atomic E-state index is 13.7. The summed E-state index contributed by atoms with van der Waals surface area (Å²) < 4.78 is 5.57. The van der Waals surface area contributed by atoms with Crippen molar-refractivity contribution in [1.29, 1.82) is 0 Å². The SMILES string of the molecule is O=C(COc1ccc(C2CCC(=O)NC2=O)cc1)NCCCCCNC(=O)c1ccc2c(N3C(=O)NC4(CC(c5ccccc5Cl)C4)C3=O)cncc2c1. The van der Waals surface area contributed by atoms with Gasteiger partial charge in [0.1, 0.15) is 11.3 Å². The number of ether oxygens (including phenoxy) is 1. The Morgan fingerprint density at radius 1 is 0.926 bits per heavy atom. The minimum absolute atomic E-state index is 0.0636. The van der Waals surface area contributed by atoms with E-state index in [9.17, 15) is 28.8 Å². The predicted octanol–water partition coefficient (Wildman–Crippen LogP) is 4.88. The molecule has 3 aliphatic rings. The molecule has 13 nitrogen and oxygen atoms in total. The van der Waals surface area contributed by atoms with Crippen molar-refractivity contribution in [3.05, 3.63) is 101 Å². The number of hydrogen-bond donors (Lipinski definition) is 4. The van der Waals surface area contributed by atoms with Crippen LogP contribution in [0.25, 0.3) is 10.8 Å². The van der Waals surface area contributed by atoms with Crippen LogP contribution in [0, 0.1) is 0 Å². The molecule has 0 bridgehead atoms. The number of nitrogens with zero attached hydrogens (tertiary/aromatic N) is 2. The van der Waals surface area contributed by atoms with Gasteiger partial charge in [0.05, 0.1) is 17.8 Å². The number of aromatic nitrogens is 1. The molecule has 4 N–H and O–H groups in total. The summed E-state index contributed by atoms with van der Waals surface area (Å²) in [6, 6.07) is 19.0. The topological polar surface area (TPSA) is 176 Å². The zero-order valence-electron chi connectivity index (χ0n) is 29.4. The number of carbonyl (C=O) groups is 6. The summed E-state index contributed by atoms with van der Waals surface area (Å²) in [5.41, 5.74) is 1.55. The Bertz CT molecular complexity index is 2130. The third-order valence-electron chi connectivity index (χ3n) is 10.3. The first-order valence-corrected chi connectivity index (χ1v) is 18.4. The molecule has 14 heteroatoms. The number of urea groups is 1. The zero-order chi connectivity index (χ0) is 37.8. The molecule has 3 fully saturated rings. The molecular weight excluding hydrogens is 712 g/mol. The van der Waals surface area contributed by atoms with Gasteiger partial charge in [-0.3, -0.25) is 34.3 Å². The van der Waals surface area contributed by atoms with Crippen molar-refractivity contribution in [3.63, 3.8) is 0 Å². The van der Waals surface area contributed by atoms with Gasteiger partial charge in [-0.15, -0.1) is 0 Å². The van der Waals surface area contributed by atoms with Gasteiger partial charge < -0.3 is 20.7 Å². The summed E-state index contributed by atoms with van der Waals surface area (Å²) in [5.74, 6) is -1.22. The Labute approximate surface area is 316 Å². The van der Waals surface area contributed by atoms with Crippen LogP contribution < -0.4 is 30.9 Å². The lowest BCUT2D eigenvalue weighted by atomic mass is 9.65. The van der Waals surface area contributed by atoms with E-state index in [0.717, 1.165) is 28.9 Å². The van der Waals surface area contributed by atoms with Crippen molar-refractivity contribution in [2.45, 2.75) is 62.3 Å². The highest BCUT2D eigenvalue weighted by atomic mass is 35.5. The molecule has 1 atom stereocenters. The monoisotopic (exact) mass is 750 g/mol. The summed E-state index contributed by atoms with van der Waals surface area (Å²) in [4.78, 5) is 80.9. The molecule has 2 aliphatic heterocycles. The van der Waals surface area contributed by atoms with E-state index in [1.807, 2.05) is 24.3 Å². The van der Waals surface area contributed by atoms with Crippen molar-refractivity contribution in [2.75, 3.05) is 24.6 Å². The molecule has 4 aromatic rings. The molecule has 1 unspecified atom stereocenters. The number of piperidine rings is 1. The minimum atomic E-state index is -0.986. The van der Waals surface area contributed by atoms with Crippen molar-refractivity contribution >= 4 is 63.6 Å². The number of benzene rings is 3. The van der Waals surface area contributed by atoms with Crippen LogP contribution in [-0.2, 0) is 19.2 Å². The Kier molecular flexibility index (Phi) is 10.6. The number of fused-ring (bicyclic) bond motifs is 1. The molecule has 0 radical (unpaired) electrons. The van der Waals surface area contributed by atoms with Crippen LogP contribution in [0.15, 0.2) is 79.1 Å². The van der Waals surface area contributed by atoms with E-state index in [1.165, 1.54) is 6.20 Å². The fourth-order valence-corrected chi connectivity index (χ4v) is 7.66. The molecule has 1 saturated carbocycles. The van der Waals surface area contributed by atoms with E-state index in [1.54, 1.807) is 48.7 Å². The van der Waals surface area contributed by atoms with Crippen LogP contribution in [0.4, 0.5) is 10.5 Å². The Hall–Kier alpha value is -5.82. The van der Waals surface area contributed by atoms with Gasteiger partial charge in [0, 0.05) is 47.1 Å². The van der Waals surface area contributed by atoms with Crippen LogP contribution in [0.3, 0.4) is 0 Å². The Morgan fingerprint density at radius 2 is 1.69 bits per heavy atom. The molecule has 278 valence electrons. The predicted molar refractivity (Wildman–Crippen MR) is 200 cm³/mol. The number of pyridine rings is 1. The number of halogens is 1. The van der Waals surface area contributed by atoms with Crippen molar-refractivity contribution in [3.8, 4) is 5.75 Å². The maximum Gasteiger partial charge on any atom is 0.329 e. The van der Waals surface area contributed by atoms with Crippen molar-refractivity contribution in [1.82, 2.24) is 26.3 Å². The average molecular weight is 751 g/mol. The van der Waals surface area contributed by atoms with Gasteiger partial charge in [-0.05, 0) is 85.9 Å². The van der Waals surface area contributed by atoms with Gasteiger partial charge >= 0.3 is 6.03 Å². The van der Waals surface area contributed by atoms with E-state index in [4.69, 9.17) is 16.3 Å². The van der Waals surface area contributed by atoms with Gasteiger partial charge in [0.15, 0.2) is 6.61 Å². The van der Waals surface area contributed by atoms with E-state index in [-0.39, 0.29) is 48.0 Å². The van der Waals surface area contributed by atoms with Crippen LogP contribution in [0.5, 0.6) is 5.75 Å². The lowest BCUT2D eigenvalue weighted by Gasteiger charge is -2.43. The van der Waals surface area contributed by atoms with E-state index >= 15 is 0 Å². The Morgan fingerprint density at radius 3 is 2.44 bits per heavy atom. The molecular formula is C40H39ClN6O7. The first-order chi connectivity index (χ1) is 26.1. The van der Waals surface area contributed by atoms with Gasteiger partial charge in [-0.2, -0.15) is 0 Å². The van der Waals surface area contributed by atoms with Crippen molar-refractivity contribution < 1.29 is 33.5 Å². The summed E-state index contributed by atoms with van der Waals surface area (Å²) in [7, 11) is 0. The highest BCUT2D eigenvalue weighted by Gasteiger charge is 2.59. The average Bonchev–Trinajstić information content (AvgIpc) is 3.42. The summed E-state index contributed by atoms with van der Waals surface area (Å²) >= 11 is 6.38. The molecule has 3 aromatic carbocycles. The third kappa shape index (κ3) is 7.63. The van der Waals surface area contributed by atoms with Crippen molar-refractivity contribution in [2.24, 2.45) is 0 Å². The fraction of sp³-hybridized carbons (Fsp3) is 0.325. The van der Waals surface area contributed by atoms with Gasteiger partial charge in [0.2, 0.25) is 11.8 Å². The smallest absolute Gasteiger partial charge is 0.329 e. The Balaban J connectivity index is 0.825. The molecule has 1 aliphatic carbocycles. The van der Waals surface area contributed by atoms with Gasteiger partial charge in [0.25, 0.3) is 17.7 Å². The number of imide groups is 2. The lowest BCUT2D eigenvalue weighted by Crippen LogP contribution is -2.56. The number of anilines is 1. The lowest BCUT2D eigenvalue weighted by molar-refractivity contribution is -0.134. The number of carbonyl (C=O) groups excluding carboxylic acids is 6. The van der Waals surface area contributed by atoms with Crippen LogP contribution >= 0.6 is 11.6 Å². The number of rotatable bonds is 13. The highest BCUT2D eigenvalue weighted by molar-refractivity contribution is 6.31. The van der Waals surface area contributed by atoms with Gasteiger partial charge in [-0.25, -0.2) is 9.69 Å². The largest absolute Gasteiger partial charge is 0.484 e. The van der Waals surface area contributed by atoms with Crippen LogP contribution in [0.2, 0.25) is 5.02 Å². The quantitative estimate of drug-likeness (QED) is 0.0850. The normalized spacial score (nSPS) is 20.7. The summed E-state index contributed by atoms with van der Waals surface area (Å²) in [6.45, 7) is 0.760. The maximum absolute atomic E-state index is 13.7. The molecule has 1 aromatic heterocycles. The molecule has 54 heavy (non-hydrogen) atoms. The minimum Gasteiger partial charge on any atom is -0.484 e. The van der Waals surface area contributed by atoms with E-state index < -0.39 is 11.6 Å². The number of amides is 7. The van der Waals surface area contributed by atoms with E-state index in [0.29, 0.717) is 78.0 Å². The summed E-state index contributed by atoms with van der Waals surface area (Å²) in [5, 5.41) is 12.9. The van der Waals surface area contributed by atoms with E-state index in [2.05, 4.69) is 26.3 Å². The second kappa shape index (κ2) is 15.7. The number of hydrogen-bond acceptors (Lipinski definition) is 8. The second-order valence-corrected chi connectivity index (χ2v) is 14.3.